The minimum Gasteiger partial charge on any atom is -0.463 e. The van der Waals surface area contributed by atoms with Crippen molar-refractivity contribution in [2.45, 2.75) is 51.3 Å². The number of amides is 2. The van der Waals surface area contributed by atoms with Crippen molar-refractivity contribution in [1.29, 1.82) is 0 Å². The third-order valence-corrected chi connectivity index (χ3v) is 6.35. The van der Waals surface area contributed by atoms with Crippen LogP contribution in [-0.2, 0) is 36.9 Å². The summed E-state index contributed by atoms with van der Waals surface area (Å²) in [5.74, 6) is -1.93. The molecule has 2 amide bonds. The standard InChI is InChI=1S/C30H38N2O6/c1-22(18-33)31-28(34)17-25-14-8-9-15-26(16-23-10-4-2-5-11-23)30(36)38-21-27(32-29(25)35)20-37-19-24-12-6-3-7-13-24/h2-13,22,25-27,33H,14-21H2,1H3,(H,31,34)(H,32,35)/t22-,25+,26-,27-/m0/s1. The molecule has 0 radical (unpaired) electrons. The largest absolute Gasteiger partial charge is 0.463 e. The van der Waals surface area contributed by atoms with Crippen LogP contribution in [0.3, 0.4) is 0 Å². The number of cyclic esters (lactones) is 1. The molecule has 0 aromatic heterocycles. The lowest BCUT2D eigenvalue weighted by atomic mass is 9.94. The molecule has 3 N–H and O–H groups in total. The fourth-order valence-electron chi connectivity index (χ4n) is 4.21. The zero-order chi connectivity index (χ0) is 27.2. The summed E-state index contributed by atoms with van der Waals surface area (Å²) < 4.78 is 11.5. The van der Waals surface area contributed by atoms with Crippen LogP contribution in [0.1, 0.15) is 37.3 Å². The molecule has 0 unspecified atom stereocenters. The van der Waals surface area contributed by atoms with Crippen LogP contribution in [0.2, 0.25) is 0 Å². The number of allylic oxidation sites excluding steroid dienone is 2. The first-order valence-corrected chi connectivity index (χ1v) is 13.1. The van der Waals surface area contributed by atoms with Gasteiger partial charge in [0.05, 0.1) is 37.7 Å². The molecule has 1 aliphatic rings. The van der Waals surface area contributed by atoms with Crippen LogP contribution in [0, 0.1) is 11.8 Å². The lowest BCUT2D eigenvalue weighted by molar-refractivity contribution is -0.150. The van der Waals surface area contributed by atoms with Gasteiger partial charge in [0.15, 0.2) is 0 Å². The first-order valence-electron chi connectivity index (χ1n) is 13.1. The molecule has 0 spiro atoms. The predicted octanol–water partition coefficient (Wildman–Crippen LogP) is 2.94. The topological polar surface area (TPSA) is 114 Å². The van der Waals surface area contributed by atoms with Gasteiger partial charge in [-0.1, -0.05) is 72.8 Å². The maximum absolute atomic E-state index is 13.2. The Labute approximate surface area is 224 Å². The third-order valence-electron chi connectivity index (χ3n) is 6.35. The van der Waals surface area contributed by atoms with E-state index in [1.54, 1.807) is 6.92 Å². The minimum atomic E-state index is -0.614. The second-order valence-electron chi connectivity index (χ2n) is 9.72. The van der Waals surface area contributed by atoms with Crippen LogP contribution in [0.25, 0.3) is 0 Å². The van der Waals surface area contributed by atoms with E-state index in [-0.39, 0.29) is 49.9 Å². The van der Waals surface area contributed by atoms with Crippen molar-refractivity contribution >= 4 is 17.8 Å². The van der Waals surface area contributed by atoms with Crippen LogP contribution in [0.5, 0.6) is 0 Å². The highest BCUT2D eigenvalue weighted by Gasteiger charge is 2.27. The number of nitrogens with one attached hydrogen (secondary N) is 2. The van der Waals surface area contributed by atoms with Crippen LogP contribution >= 0.6 is 0 Å². The number of benzene rings is 2. The Balaban J connectivity index is 1.72. The summed E-state index contributed by atoms with van der Waals surface area (Å²) in [7, 11) is 0. The molecule has 1 aliphatic heterocycles. The Morgan fingerprint density at radius 2 is 1.66 bits per heavy atom. The summed E-state index contributed by atoms with van der Waals surface area (Å²) in [6.45, 7) is 1.98. The van der Waals surface area contributed by atoms with Gasteiger partial charge in [-0.05, 0) is 37.3 Å². The van der Waals surface area contributed by atoms with Gasteiger partial charge >= 0.3 is 5.97 Å². The van der Waals surface area contributed by atoms with Gasteiger partial charge < -0.3 is 25.2 Å². The third kappa shape index (κ3) is 10.1. The summed E-state index contributed by atoms with van der Waals surface area (Å²) in [4.78, 5) is 38.7. The lowest BCUT2D eigenvalue weighted by Gasteiger charge is -2.24. The van der Waals surface area contributed by atoms with E-state index >= 15 is 0 Å². The number of hydrogen-bond donors (Lipinski definition) is 3. The molecule has 0 saturated carbocycles. The van der Waals surface area contributed by atoms with Gasteiger partial charge in [-0.25, -0.2) is 0 Å². The average Bonchev–Trinajstić information content (AvgIpc) is 2.92. The van der Waals surface area contributed by atoms with Crippen LogP contribution in [0.15, 0.2) is 72.8 Å². The smallest absolute Gasteiger partial charge is 0.309 e. The number of carbonyl (C=O) groups excluding carboxylic acids is 3. The fourth-order valence-corrected chi connectivity index (χ4v) is 4.21. The van der Waals surface area contributed by atoms with Crippen LogP contribution < -0.4 is 10.6 Å². The number of ether oxygens (including phenoxy) is 2. The zero-order valence-corrected chi connectivity index (χ0v) is 21.9. The lowest BCUT2D eigenvalue weighted by Crippen LogP contribution is -2.46. The Kier molecular flexibility index (Phi) is 12.0. The first-order chi connectivity index (χ1) is 18.4. The molecule has 204 valence electrons. The highest BCUT2D eigenvalue weighted by molar-refractivity contribution is 5.86. The van der Waals surface area contributed by atoms with Crippen LogP contribution in [0.4, 0.5) is 0 Å². The van der Waals surface area contributed by atoms with E-state index in [9.17, 15) is 19.5 Å². The maximum Gasteiger partial charge on any atom is 0.309 e. The molecular weight excluding hydrogens is 484 g/mol. The molecule has 38 heavy (non-hydrogen) atoms. The van der Waals surface area contributed by atoms with E-state index in [2.05, 4.69) is 10.6 Å². The number of rotatable bonds is 10. The summed E-state index contributed by atoms with van der Waals surface area (Å²) in [5, 5.41) is 14.9. The van der Waals surface area contributed by atoms with Gasteiger partial charge in [0, 0.05) is 12.5 Å². The molecule has 2 aromatic carbocycles. The molecule has 0 aliphatic carbocycles. The molecule has 1 heterocycles. The number of aliphatic hydroxyl groups is 1. The highest BCUT2D eigenvalue weighted by atomic mass is 16.5. The molecule has 8 heteroatoms. The van der Waals surface area contributed by atoms with Gasteiger partial charge in [-0.2, -0.15) is 0 Å². The van der Waals surface area contributed by atoms with Crippen molar-refractivity contribution in [1.82, 2.24) is 10.6 Å². The van der Waals surface area contributed by atoms with Crippen LogP contribution in [-0.4, -0.2) is 54.8 Å². The molecule has 0 fully saturated rings. The minimum absolute atomic E-state index is 0.0225. The predicted molar refractivity (Wildman–Crippen MR) is 144 cm³/mol. The Bertz CT molecular complexity index is 1040. The van der Waals surface area contributed by atoms with Gasteiger partial charge in [0.1, 0.15) is 6.61 Å². The van der Waals surface area contributed by atoms with Crippen molar-refractivity contribution in [3.8, 4) is 0 Å². The first kappa shape index (κ1) is 29.1. The van der Waals surface area contributed by atoms with E-state index in [0.717, 1.165) is 11.1 Å². The highest BCUT2D eigenvalue weighted by Crippen LogP contribution is 2.18. The van der Waals surface area contributed by atoms with E-state index < -0.39 is 18.0 Å². The van der Waals surface area contributed by atoms with Crippen molar-refractivity contribution in [2.75, 3.05) is 19.8 Å². The van der Waals surface area contributed by atoms with E-state index in [4.69, 9.17) is 9.47 Å². The molecular formula is C30H38N2O6. The average molecular weight is 523 g/mol. The summed E-state index contributed by atoms with van der Waals surface area (Å²) in [5.41, 5.74) is 2.03. The number of aliphatic hydroxyl groups excluding tert-OH is 1. The van der Waals surface area contributed by atoms with E-state index in [1.807, 2.05) is 72.8 Å². The van der Waals surface area contributed by atoms with Gasteiger partial charge in [0.25, 0.3) is 0 Å². The molecule has 4 atom stereocenters. The second kappa shape index (κ2) is 15.7. The van der Waals surface area contributed by atoms with Gasteiger partial charge in [-0.3, -0.25) is 14.4 Å². The summed E-state index contributed by atoms with van der Waals surface area (Å²) in [6.07, 6.45) is 5.05. The Morgan fingerprint density at radius 3 is 2.32 bits per heavy atom. The number of carbonyl (C=O) groups is 3. The Morgan fingerprint density at radius 1 is 1.03 bits per heavy atom. The molecule has 0 bridgehead atoms. The van der Waals surface area contributed by atoms with Gasteiger partial charge in [0.2, 0.25) is 11.8 Å². The van der Waals surface area contributed by atoms with Crippen molar-refractivity contribution < 1.29 is 29.0 Å². The maximum atomic E-state index is 13.2. The Hall–Kier alpha value is -3.49. The van der Waals surface area contributed by atoms with Crippen molar-refractivity contribution in [3.05, 3.63) is 83.9 Å². The molecule has 8 nitrogen and oxygen atoms in total. The van der Waals surface area contributed by atoms with Gasteiger partial charge in [-0.15, -0.1) is 0 Å². The van der Waals surface area contributed by atoms with E-state index in [0.29, 0.717) is 25.9 Å². The molecule has 3 rings (SSSR count). The van der Waals surface area contributed by atoms with Crippen molar-refractivity contribution in [3.63, 3.8) is 0 Å². The summed E-state index contributed by atoms with van der Waals surface area (Å²) >= 11 is 0. The molecule has 0 saturated heterocycles. The fraction of sp³-hybridized carbons (Fsp3) is 0.433. The summed E-state index contributed by atoms with van der Waals surface area (Å²) in [6, 6.07) is 18.5. The number of esters is 1. The van der Waals surface area contributed by atoms with Crippen molar-refractivity contribution in [2.24, 2.45) is 11.8 Å². The molecule has 2 aromatic rings. The number of hydrogen-bond acceptors (Lipinski definition) is 6. The quantitative estimate of drug-likeness (QED) is 0.327. The SMILES string of the molecule is C[C@@H](CO)NC(=O)C[C@H]1CC=CC[C@@H](Cc2ccccc2)C(=O)OC[C@H](COCc2ccccc2)NC1=O. The zero-order valence-electron chi connectivity index (χ0n) is 21.9. The van der Waals surface area contributed by atoms with E-state index in [1.165, 1.54) is 0 Å². The second-order valence-corrected chi connectivity index (χ2v) is 9.72. The normalized spacial score (nSPS) is 21.4. The monoisotopic (exact) mass is 522 g/mol.